The average Bonchev–Trinajstić information content (AvgIpc) is 3.33. The van der Waals surface area contributed by atoms with Gasteiger partial charge in [-0.15, -0.1) is 0 Å². The summed E-state index contributed by atoms with van der Waals surface area (Å²) in [6.45, 7) is 0. The van der Waals surface area contributed by atoms with Crippen LogP contribution in [0.1, 0.15) is 0 Å². The first-order valence-electron chi connectivity index (χ1n) is 10.8. The largest absolute Gasteiger partial charge is 0.506 e. The Morgan fingerprint density at radius 3 is 2.34 bits per heavy atom. The van der Waals surface area contributed by atoms with Crippen molar-refractivity contribution in [1.82, 2.24) is 14.8 Å². The Labute approximate surface area is 212 Å². The van der Waals surface area contributed by atoms with Gasteiger partial charge in [0.25, 0.3) is 0 Å². The maximum atomic E-state index is 9.87. The monoisotopic (exact) mass is 497 g/mol. The summed E-state index contributed by atoms with van der Waals surface area (Å²) in [5, 5.41) is 21.9. The molecule has 0 amide bonds. The van der Waals surface area contributed by atoms with Crippen molar-refractivity contribution in [2.24, 2.45) is 0 Å². The number of nitrogens with one attached hydrogen (secondary N) is 2. The van der Waals surface area contributed by atoms with Crippen LogP contribution in [-0.4, -0.2) is 25.0 Å². The van der Waals surface area contributed by atoms with Crippen LogP contribution in [0.2, 0.25) is 5.02 Å². The van der Waals surface area contributed by atoms with E-state index in [1.165, 1.54) is 0 Å². The van der Waals surface area contributed by atoms with Crippen LogP contribution in [0.15, 0.2) is 104 Å². The van der Waals surface area contributed by atoms with Crippen LogP contribution in [0.4, 0.5) is 11.4 Å². The average molecular weight is 498 g/mol. The van der Waals surface area contributed by atoms with E-state index in [4.69, 9.17) is 28.9 Å². The van der Waals surface area contributed by atoms with Gasteiger partial charge >= 0.3 is 0 Å². The summed E-state index contributed by atoms with van der Waals surface area (Å²) in [6.07, 6.45) is 5.45. The SMILES string of the molecule is Oc1ccc(-c2nn(-c3cccc(NC(=S)Nc4ccccc4)c3)cc2-c2ccncc2)cc1Cl. The topological polar surface area (TPSA) is 75.0 Å². The molecule has 0 fully saturated rings. The molecule has 0 saturated carbocycles. The Morgan fingerprint density at radius 1 is 0.829 bits per heavy atom. The summed E-state index contributed by atoms with van der Waals surface area (Å²) in [6, 6.07) is 26.5. The lowest BCUT2D eigenvalue weighted by Crippen LogP contribution is -2.19. The number of para-hydroxylation sites is 1. The van der Waals surface area contributed by atoms with E-state index in [9.17, 15) is 5.11 Å². The number of phenols is 1. The summed E-state index contributed by atoms with van der Waals surface area (Å²) in [4.78, 5) is 4.13. The second-order valence-corrected chi connectivity index (χ2v) is 8.55. The van der Waals surface area contributed by atoms with Gasteiger partial charge in [-0.1, -0.05) is 35.9 Å². The summed E-state index contributed by atoms with van der Waals surface area (Å²) < 4.78 is 1.81. The van der Waals surface area contributed by atoms with Crippen molar-refractivity contribution in [2.45, 2.75) is 0 Å². The lowest BCUT2D eigenvalue weighted by Gasteiger charge is -2.11. The Morgan fingerprint density at radius 2 is 1.57 bits per heavy atom. The minimum absolute atomic E-state index is 0.0270. The first kappa shape index (κ1) is 22.6. The molecule has 0 spiro atoms. The number of hydrogen-bond donors (Lipinski definition) is 3. The predicted octanol–water partition coefficient (Wildman–Crippen LogP) is 6.77. The molecule has 6 nitrogen and oxygen atoms in total. The molecule has 5 aromatic rings. The molecule has 2 aromatic heterocycles. The van der Waals surface area contributed by atoms with E-state index in [-0.39, 0.29) is 10.8 Å². The molecule has 0 saturated heterocycles. The van der Waals surface area contributed by atoms with Crippen molar-refractivity contribution in [3.8, 4) is 33.8 Å². The lowest BCUT2D eigenvalue weighted by atomic mass is 10.0. The molecule has 0 aliphatic carbocycles. The summed E-state index contributed by atoms with van der Waals surface area (Å²) in [7, 11) is 0. The zero-order valence-electron chi connectivity index (χ0n) is 18.4. The summed E-state index contributed by atoms with van der Waals surface area (Å²) in [5.41, 5.74) is 5.99. The maximum absolute atomic E-state index is 9.87. The Bertz CT molecular complexity index is 1490. The number of benzene rings is 3. The van der Waals surface area contributed by atoms with E-state index in [0.717, 1.165) is 39.4 Å². The van der Waals surface area contributed by atoms with Crippen LogP contribution < -0.4 is 10.6 Å². The van der Waals surface area contributed by atoms with E-state index in [2.05, 4.69) is 15.6 Å². The van der Waals surface area contributed by atoms with Crippen molar-refractivity contribution in [3.05, 3.63) is 109 Å². The number of nitrogens with zero attached hydrogens (tertiary/aromatic N) is 3. The van der Waals surface area contributed by atoms with Gasteiger partial charge in [-0.25, -0.2) is 4.68 Å². The fourth-order valence-corrected chi connectivity index (χ4v) is 4.07. The lowest BCUT2D eigenvalue weighted by molar-refractivity contribution is 0.475. The van der Waals surface area contributed by atoms with Gasteiger partial charge in [-0.05, 0) is 78.4 Å². The van der Waals surface area contributed by atoms with Crippen LogP contribution in [-0.2, 0) is 0 Å². The number of anilines is 2. The molecular weight excluding hydrogens is 478 g/mol. The number of phenolic OH excluding ortho intramolecular Hbond substituents is 1. The normalized spacial score (nSPS) is 10.7. The van der Waals surface area contributed by atoms with Gasteiger partial charge in [0.05, 0.1) is 10.7 Å². The van der Waals surface area contributed by atoms with Gasteiger partial charge in [-0.3, -0.25) is 4.98 Å². The van der Waals surface area contributed by atoms with Crippen molar-refractivity contribution < 1.29 is 5.11 Å². The standard InChI is InChI=1S/C27H20ClN5OS/c28-24-15-19(9-10-25(24)34)26-23(18-11-13-29-14-12-18)17-33(32-26)22-8-4-7-21(16-22)31-27(35)30-20-5-2-1-3-6-20/h1-17,34H,(H2,30,31,35). The highest BCUT2D eigenvalue weighted by Gasteiger charge is 2.16. The van der Waals surface area contributed by atoms with Crippen molar-refractivity contribution in [1.29, 1.82) is 0 Å². The van der Waals surface area contributed by atoms with Crippen molar-refractivity contribution >= 4 is 40.3 Å². The van der Waals surface area contributed by atoms with Crippen LogP contribution in [0.3, 0.4) is 0 Å². The number of rotatable bonds is 5. The minimum Gasteiger partial charge on any atom is -0.506 e. The Hall–Kier alpha value is -4.20. The molecule has 0 atom stereocenters. The van der Waals surface area contributed by atoms with Crippen LogP contribution in [0, 0.1) is 0 Å². The van der Waals surface area contributed by atoms with E-state index >= 15 is 0 Å². The Balaban J connectivity index is 1.48. The summed E-state index contributed by atoms with van der Waals surface area (Å²) >= 11 is 11.7. The predicted molar refractivity (Wildman–Crippen MR) is 145 cm³/mol. The minimum atomic E-state index is 0.0270. The molecule has 5 rings (SSSR count). The third-order valence-corrected chi connectivity index (χ3v) is 5.83. The second kappa shape index (κ2) is 9.97. The molecule has 0 aliphatic rings. The molecule has 8 heteroatoms. The smallest absolute Gasteiger partial charge is 0.175 e. The molecule has 0 bridgehead atoms. The third kappa shape index (κ3) is 5.16. The van der Waals surface area contributed by atoms with Crippen molar-refractivity contribution in [3.63, 3.8) is 0 Å². The zero-order valence-corrected chi connectivity index (χ0v) is 20.0. The van der Waals surface area contributed by atoms with Crippen LogP contribution in [0.25, 0.3) is 28.1 Å². The molecule has 3 N–H and O–H groups in total. The van der Waals surface area contributed by atoms with Crippen LogP contribution in [0.5, 0.6) is 5.75 Å². The molecule has 3 aromatic carbocycles. The van der Waals surface area contributed by atoms with Crippen LogP contribution >= 0.6 is 23.8 Å². The quantitative estimate of drug-likeness (QED) is 0.233. The maximum Gasteiger partial charge on any atom is 0.175 e. The van der Waals surface area contributed by atoms with E-state index < -0.39 is 0 Å². The number of aromatic nitrogens is 3. The third-order valence-electron chi connectivity index (χ3n) is 5.33. The number of aromatic hydroxyl groups is 1. The fraction of sp³-hybridized carbons (Fsp3) is 0. The van der Waals surface area contributed by atoms with E-state index in [1.807, 2.05) is 77.6 Å². The van der Waals surface area contributed by atoms with Gasteiger partial charge in [0, 0.05) is 41.1 Å². The fourth-order valence-electron chi connectivity index (χ4n) is 3.66. The number of halogens is 1. The second-order valence-electron chi connectivity index (χ2n) is 7.73. The molecule has 35 heavy (non-hydrogen) atoms. The highest BCUT2D eigenvalue weighted by Crippen LogP contribution is 2.35. The first-order chi connectivity index (χ1) is 17.1. The number of thiocarbonyl (C=S) groups is 1. The van der Waals surface area contributed by atoms with E-state index in [0.29, 0.717) is 5.11 Å². The van der Waals surface area contributed by atoms with Crippen molar-refractivity contribution in [2.75, 3.05) is 10.6 Å². The molecular formula is C27H20ClN5OS. The number of pyridine rings is 1. The highest BCUT2D eigenvalue weighted by molar-refractivity contribution is 7.80. The molecule has 0 aliphatic heterocycles. The molecule has 2 heterocycles. The van der Waals surface area contributed by atoms with E-state index in [1.54, 1.807) is 30.6 Å². The van der Waals surface area contributed by atoms with Gasteiger partial charge < -0.3 is 15.7 Å². The van der Waals surface area contributed by atoms with Gasteiger partial charge in [0.15, 0.2) is 5.11 Å². The highest BCUT2D eigenvalue weighted by atomic mass is 35.5. The molecule has 0 radical (unpaired) electrons. The van der Waals surface area contributed by atoms with Gasteiger partial charge in [0.2, 0.25) is 0 Å². The van der Waals surface area contributed by atoms with Gasteiger partial charge in [-0.2, -0.15) is 5.10 Å². The Kier molecular flexibility index (Phi) is 6.43. The zero-order chi connectivity index (χ0) is 24.2. The first-order valence-corrected chi connectivity index (χ1v) is 11.6. The summed E-state index contributed by atoms with van der Waals surface area (Å²) in [5.74, 6) is 0.0270. The van der Waals surface area contributed by atoms with Gasteiger partial charge in [0.1, 0.15) is 11.4 Å². The molecule has 0 unspecified atom stereocenters. The molecule has 172 valence electrons. The number of hydrogen-bond acceptors (Lipinski definition) is 4.